The standard InChI is InChI=1S/C10H11F2NO/c11-10(12)8(6-13-14)9(10)7-4-2-1-3-5-7/h1-5,8-9,13-14H,6H2. The Labute approximate surface area is 80.5 Å². The largest absolute Gasteiger partial charge is 0.317 e. The molecule has 2 unspecified atom stereocenters. The molecule has 2 N–H and O–H groups in total. The molecule has 0 aromatic heterocycles. The highest BCUT2D eigenvalue weighted by atomic mass is 19.3. The number of hydroxylamine groups is 1. The van der Waals surface area contributed by atoms with Crippen molar-refractivity contribution in [1.82, 2.24) is 5.48 Å². The Kier molecular flexibility index (Phi) is 2.25. The van der Waals surface area contributed by atoms with Gasteiger partial charge in [-0.15, -0.1) is 0 Å². The molecule has 1 aromatic carbocycles. The molecule has 0 saturated heterocycles. The summed E-state index contributed by atoms with van der Waals surface area (Å²) in [6, 6.07) is 8.66. The van der Waals surface area contributed by atoms with Crippen LogP contribution in [0.1, 0.15) is 11.5 Å². The van der Waals surface area contributed by atoms with Gasteiger partial charge in [-0.05, 0) is 5.56 Å². The average molecular weight is 199 g/mol. The number of halogens is 2. The highest BCUT2D eigenvalue weighted by Gasteiger charge is 2.68. The molecule has 1 aliphatic carbocycles. The van der Waals surface area contributed by atoms with E-state index in [9.17, 15) is 8.78 Å². The Morgan fingerprint density at radius 2 is 1.93 bits per heavy atom. The summed E-state index contributed by atoms with van der Waals surface area (Å²) in [5, 5.41) is 8.39. The number of hydrogen-bond donors (Lipinski definition) is 2. The Bertz CT molecular complexity index is 315. The smallest absolute Gasteiger partial charge is 0.260 e. The molecule has 4 heteroatoms. The lowest BCUT2D eigenvalue weighted by Gasteiger charge is -1.96. The summed E-state index contributed by atoms with van der Waals surface area (Å²) in [6.45, 7) is -0.0629. The van der Waals surface area contributed by atoms with E-state index in [2.05, 4.69) is 0 Å². The van der Waals surface area contributed by atoms with Gasteiger partial charge in [0.25, 0.3) is 5.92 Å². The molecule has 76 valence electrons. The minimum atomic E-state index is -2.68. The van der Waals surface area contributed by atoms with Gasteiger partial charge in [-0.2, -0.15) is 0 Å². The second kappa shape index (κ2) is 3.29. The topological polar surface area (TPSA) is 32.3 Å². The fourth-order valence-corrected chi connectivity index (χ4v) is 1.86. The molecule has 0 aliphatic heterocycles. The van der Waals surface area contributed by atoms with Crippen molar-refractivity contribution in [2.75, 3.05) is 6.54 Å². The van der Waals surface area contributed by atoms with Crippen molar-refractivity contribution in [3.8, 4) is 0 Å². The van der Waals surface area contributed by atoms with Crippen LogP contribution in [0.3, 0.4) is 0 Å². The van der Waals surface area contributed by atoms with Crippen molar-refractivity contribution in [3.63, 3.8) is 0 Å². The molecule has 0 bridgehead atoms. The maximum atomic E-state index is 13.2. The van der Waals surface area contributed by atoms with Crippen molar-refractivity contribution < 1.29 is 14.0 Å². The van der Waals surface area contributed by atoms with Gasteiger partial charge in [-0.1, -0.05) is 30.3 Å². The molecule has 0 spiro atoms. The fourth-order valence-electron chi connectivity index (χ4n) is 1.86. The van der Waals surface area contributed by atoms with Crippen LogP contribution >= 0.6 is 0 Å². The molecule has 2 atom stereocenters. The lowest BCUT2D eigenvalue weighted by molar-refractivity contribution is 0.0785. The van der Waals surface area contributed by atoms with Crippen LogP contribution in [0.25, 0.3) is 0 Å². The Balaban J connectivity index is 2.15. The van der Waals surface area contributed by atoms with Crippen molar-refractivity contribution in [2.45, 2.75) is 11.8 Å². The maximum absolute atomic E-state index is 13.2. The third-order valence-electron chi connectivity index (χ3n) is 2.67. The van der Waals surface area contributed by atoms with Crippen LogP contribution in [0.4, 0.5) is 8.78 Å². The third-order valence-corrected chi connectivity index (χ3v) is 2.67. The van der Waals surface area contributed by atoms with E-state index in [4.69, 9.17) is 5.21 Å². The number of benzene rings is 1. The fraction of sp³-hybridized carbons (Fsp3) is 0.400. The molecular formula is C10H11F2NO. The SMILES string of the molecule is ONCC1C(c2ccccc2)C1(F)F. The summed E-state index contributed by atoms with van der Waals surface area (Å²) in [6.07, 6.45) is 0. The average Bonchev–Trinajstić information content (AvgIpc) is 2.71. The Hall–Kier alpha value is -1.00. The van der Waals surface area contributed by atoms with Gasteiger partial charge in [0.1, 0.15) is 0 Å². The van der Waals surface area contributed by atoms with Crippen LogP contribution in [0.2, 0.25) is 0 Å². The van der Waals surface area contributed by atoms with E-state index in [-0.39, 0.29) is 6.54 Å². The molecular weight excluding hydrogens is 188 g/mol. The van der Waals surface area contributed by atoms with E-state index >= 15 is 0 Å². The van der Waals surface area contributed by atoms with Crippen molar-refractivity contribution in [2.24, 2.45) is 5.92 Å². The van der Waals surface area contributed by atoms with E-state index in [1.54, 1.807) is 35.8 Å². The van der Waals surface area contributed by atoms with E-state index in [1.807, 2.05) is 0 Å². The van der Waals surface area contributed by atoms with Gasteiger partial charge in [0.2, 0.25) is 0 Å². The number of nitrogens with one attached hydrogen (secondary N) is 1. The van der Waals surface area contributed by atoms with Crippen molar-refractivity contribution in [3.05, 3.63) is 35.9 Å². The van der Waals surface area contributed by atoms with E-state index in [1.165, 1.54) is 0 Å². The molecule has 1 aliphatic rings. The quantitative estimate of drug-likeness (QED) is 0.730. The summed E-state index contributed by atoms with van der Waals surface area (Å²) >= 11 is 0. The van der Waals surface area contributed by atoms with Crippen LogP contribution in [0, 0.1) is 5.92 Å². The zero-order valence-corrected chi connectivity index (χ0v) is 7.45. The molecule has 2 rings (SSSR count). The third kappa shape index (κ3) is 1.40. The van der Waals surface area contributed by atoms with Gasteiger partial charge < -0.3 is 5.21 Å². The first-order valence-electron chi connectivity index (χ1n) is 4.47. The van der Waals surface area contributed by atoms with E-state index < -0.39 is 17.8 Å². The number of alkyl halides is 2. The molecule has 0 amide bonds. The molecule has 1 saturated carbocycles. The van der Waals surface area contributed by atoms with Gasteiger partial charge in [0.15, 0.2) is 0 Å². The molecule has 0 heterocycles. The first-order valence-corrected chi connectivity index (χ1v) is 4.47. The molecule has 14 heavy (non-hydrogen) atoms. The first kappa shape index (κ1) is 9.55. The highest BCUT2D eigenvalue weighted by Crippen LogP contribution is 2.61. The Morgan fingerprint density at radius 1 is 1.29 bits per heavy atom. The van der Waals surface area contributed by atoms with Crippen LogP contribution in [-0.2, 0) is 0 Å². The van der Waals surface area contributed by atoms with Gasteiger partial charge >= 0.3 is 0 Å². The molecule has 0 radical (unpaired) electrons. The van der Waals surface area contributed by atoms with Gasteiger partial charge in [0, 0.05) is 6.54 Å². The summed E-state index contributed by atoms with van der Waals surface area (Å²) < 4.78 is 26.4. The van der Waals surface area contributed by atoms with Crippen molar-refractivity contribution in [1.29, 1.82) is 0 Å². The zero-order valence-electron chi connectivity index (χ0n) is 7.45. The molecule has 1 aromatic rings. The first-order chi connectivity index (χ1) is 6.68. The summed E-state index contributed by atoms with van der Waals surface area (Å²) in [7, 11) is 0. The van der Waals surface area contributed by atoms with Gasteiger partial charge in [-0.25, -0.2) is 14.3 Å². The van der Waals surface area contributed by atoms with Crippen molar-refractivity contribution >= 4 is 0 Å². The molecule has 1 fully saturated rings. The highest BCUT2D eigenvalue weighted by molar-refractivity contribution is 5.32. The second-order valence-electron chi connectivity index (χ2n) is 3.53. The van der Waals surface area contributed by atoms with Crippen LogP contribution in [0.5, 0.6) is 0 Å². The minimum Gasteiger partial charge on any atom is -0.317 e. The normalized spacial score (nSPS) is 28.8. The van der Waals surface area contributed by atoms with Crippen LogP contribution < -0.4 is 5.48 Å². The lowest BCUT2D eigenvalue weighted by Crippen LogP contribution is -2.14. The predicted molar refractivity (Wildman–Crippen MR) is 47.4 cm³/mol. The summed E-state index contributed by atoms with van der Waals surface area (Å²) in [5.41, 5.74) is 2.44. The van der Waals surface area contributed by atoms with E-state index in [0.29, 0.717) is 5.56 Å². The zero-order chi connectivity index (χ0) is 10.2. The number of rotatable bonds is 3. The van der Waals surface area contributed by atoms with Crippen LogP contribution in [-0.4, -0.2) is 17.7 Å². The summed E-state index contributed by atoms with van der Waals surface area (Å²) in [4.78, 5) is 0. The number of hydrogen-bond acceptors (Lipinski definition) is 2. The monoisotopic (exact) mass is 199 g/mol. The molecule has 2 nitrogen and oxygen atoms in total. The maximum Gasteiger partial charge on any atom is 0.260 e. The minimum absolute atomic E-state index is 0.0629. The second-order valence-corrected chi connectivity index (χ2v) is 3.53. The van der Waals surface area contributed by atoms with Gasteiger partial charge in [0.05, 0.1) is 11.8 Å². The summed E-state index contributed by atoms with van der Waals surface area (Å²) in [5.74, 6) is -4.21. The van der Waals surface area contributed by atoms with Gasteiger partial charge in [-0.3, -0.25) is 0 Å². The van der Waals surface area contributed by atoms with Crippen LogP contribution in [0.15, 0.2) is 30.3 Å². The lowest BCUT2D eigenvalue weighted by atomic mass is 10.1. The predicted octanol–water partition coefficient (Wildman–Crippen LogP) is 2.01. The van der Waals surface area contributed by atoms with E-state index in [0.717, 1.165) is 0 Å². The Morgan fingerprint density at radius 3 is 2.50 bits per heavy atom.